The van der Waals surface area contributed by atoms with Crippen molar-refractivity contribution in [1.82, 2.24) is 0 Å². The Bertz CT molecular complexity index is 219. The first-order chi connectivity index (χ1) is 11.2. The van der Waals surface area contributed by atoms with E-state index < -0.39 is 0 Å². The summed E-state index contributed by atoms with van der Waals surface area (Å²) < 4.78 is 11.1. The van der Waals surface area contributed by atoms with Crippen molar-refractivity contribution in [3.63, 3.8) is 0 Å². The number of hydrogen-bond acceptors (Lipinski definition) is 3. The summed E-state index contributed by atoms with van der Waals surface area (Å²) >= 11 is 0. The highest BCUT2D eigenvalue weighted by Crippen LogP contribution is 2.12. The van der Waals surface area contributed by atoms with Crippen LogP contribution in [0.2, 0.25) is 0 Å². The minimum atomic E-state index is -0.162. The lowest BCUT2D eigenvalue weighted by Gasteiger charge is -2.17. The van der Waals surface area contributed by atoms with Gasteiger partial charge in [0.25, 0.3) is 0 Å². The van der Waals surface area contributed by atoms with Gasteiger partial charge in [0, 0.05) is 6.61 Å². The SMILES string of the molecule is CCCCCCCCCCCCCCOC(CO)COC(C)C. The maximum Gasteiger partial charge on any atom is 0.104 e. The highest BCUT2D eigenvalue weighted by molar-refractivity contribution is 4.55. The van der Waals surface area contributed by atoms with Crippen LogP contribution in [0.25, 0.3) is 0 Å². The highest BCUT2D eigenvalue weighted by Gasteiger charge is 2.08. The van der Waals surface area contributed by atoms with Crippen LogP contribution in [0.5, 0.6) is 0 Å². The molecule has 0 saturated heterocycles. The molecule has 0 amide bonds. The number of ether oxygens (including phenoxy) is 2. The monoisotopic (exact) mass is 330 g/mol. The van der Waals surface area contributed by atoms with Gasteiger partial charge in [-0.25, -0.2) is 0 Å². The van der Waals surface area contributed by atoms with E-state index in [-0.39, 0.29) is 18.8 Å². The first-order valence-corrected chi connectivity index (χ1v) is 10.0. The van der Waals surface area contributed by atoms with Gasteiger partial charge in [0.2, 0.25) is 0 Å². The first kappa shape index (κ1) is 22.9. The van der Waals surface area contributed by atoms with Crippen LogP contribution < -0.4 is 0 Å². The van der Waals surface area contributed by atoms with Gasteiger partial charge in [-0.3, -0.25) is 0 Å². The predicted octanol–water partition coefficient (Wildman–Crippen LogP) is 5.49. The van der Waals surface area contributed by atoms with E-state index in [0.717, 1.165) is 13.0 Å². The Labute approximate surface area is 145 Å². The van der Waals surface area contributed by atoms with Crippen molar-refractivity contribution < 1.29 is 14.6 Å². The van der Waals surface area contributed by atoms with E-state index in [1.54, 1.807) is 0 Å². The van der Waals surface area contributed by atoms with Crippen molar-refractivity contribution in [2.75, 3.05) is 19.8 Å². The van der Waals surface area contributed by atoms with Crippen LogP contribution in [0.1, 0.15) is 97.8 Å². The first-order valence-electron chi connectivity index (χ1n) is 10.0. The van der Waals surface area contributed by atoms with E-state index in [9.17, 15) is 5.11 Å². The van der Waals surface area contributed by atoms with E-state index in [1.165, 1.54) is 70.6 Å². The van der Waals surface area contributed by atoms with Gasteiger partial charge in [0.15, 0.2) is 0 Å². The number of aliphatic hydroxyl groups is 1. The molecule has 0 saturated carbocycles. The van der Waals surface area contributed by atoms with Gasteiger partial charge >= 0.3 is 0 Å². The number of unbranched alkanes of at least 4 members (excludes halogenated alkanes) is 11. The molecule has 0 aliphatic rings. The molecule has 1 N–H and O–H groups in total. The molecule has 0 bridgehead atoms. The quantitative estimate of drug-likeness (QED) is 0.338. The van der Waals surface area contributed by atoms with E-state index >= 15 is 0 Å². The second-order valence-corrected chi connectivity index (χ2v) is 6.95. The molecule has 23 heavy (non-hydrogen) atoms. The summed E-state index contributed by atoms with van der Waals surface area (Å²) in [6.07, 6.45) is 16.3. The smallest absolute Gasteiger partial charge is 0.104 e. The van der Waals surface area contributed by atoms with Crippen molar-refractivity contribution in [3.05, 3.63) is 0 Å². The summed E-state index contributed by atoms with van der Waals surface area (Å²) in [6.45, 7) is 7.55. The summed E-state index contributed by atoms with van der Waals surface area (Å²) in [5, 5.41) is 9.23. The zero-order valence-electron chi connectivity index (χ0n) is 16.0. The summed E-state index contributed by atoms with van der Waals surface area (Å²) in [6, 6.07) is 0. The molecule has 0 aliphatic carbocycles. The molecule has 0 rings (SSSR count). The van der Waals surface area contributed by atoms with Gasteiger partial charge in [0.1, 0.15) is 6.10 Å². The molecule has 0 aromatic carbocycles. The van der Waals surface area contributed by atoms with E-state index in [0.29, 0.717) is 6.61 Å². The normalized spacial score (nSPS) is 12.9. The Hall–Kier alpha value is -0.120. The molecule has 0 spiro atoms. The lowest BCUT2D eigenvalue weighted by Crippen LogP contribution is -2.26. The minimum absolute atomic E-state index is 0.0466. The van der Waals surface area contributed by atoms with E-state index in [1.807, 2.05) is 13.8 Å². The molecule has 0 fully saturated rings. The summed E-state index contributed by atoms with van der Waals surface area (Å²) in [5.74, 6) is 0. The lowest BCUT2D eigenvalue weighted by molar-refractivity contribution is -0.0574. The Kier molecular flexibility index (Phi) is 18.1. The van der Waals surface area contributed by atoms with Crippen LogP contribution in [0, 0.1) is 0 Å². The topological polar surface area (TPSA) is 38.7 Å². The number of aliphatic hydroxyl groups excluding tert-OH is 1. The summed E-state index contributed by atoms with van der Waals surface area (Å²) in [4.78, 5) is 0. The molecule has 0 aromatic rings. The fourth-order valence-corrected chi connectivity index (χ4v) is 2.65. The average Bonchev–Trinajstić information content (AvgIpc) is 2.54. The van der Waals surface area contributed by atoms with Gasteiger partial charge in [-0.2, -0.15) is 0 Å². The molecule has 3 heteroatoms. The van der Waals surface area contributed by atoms with Crippen LogP contribution in [0.3, 0.4) is 0 Å². The molecule has 140 valence electrons. The Morgan fingerprint density at radius 2 is 1.17 bits per heavy atom. The average molecular weight is 331 g/mol. The van der Waals surface area contributed by atoms with Crippen LogP contribution >= 0.6 is 0 Å². The molecule has 0 aromatic heterocycles. The standard InChI is InChI=1S/C20H42O3/c1-4-5-6-7-8-9-10-11-12-13-14-15-16-22-20(17-21)18-23-19(2)3/h19-21H,4-18H2,1-3H3. The minimum Gasteiger partial charge on any atom is -0.394 e. The van der Waals surface area contributed by atoms with Crippen molar-refractivity contribution in [3.8, 4) is 0 Å². The van der Waals surface area contributed by atoms with Crippen LogP contribution in [0.4, 0.5) is 0 Å². The second-order valence-electron chi connectivity index (χ2n) is 6.95. The molecule has 0 radical (unpaired) electrons. The van der Waals surface area contributed by atoms with Crippen LogP contribution in [-0.2, 0) is 9.47 Å². The van der Waals surface area contributed by atoms with Gasteiger partial charge in [-0.1, -0.05) is 77.6 Å². The van der Waals surface area contributed by atoms with Crippen LogP contribution in [0.15, 0.2) is 0 Å². The third-order valence-corrected chi connectivity index (χ3v) is 4.17. The van der Waals surface area contributed by atoms with Crippen molar-refractivity contribution >= 4 is 0 Å². The zero-order valence-corrected chi connectivity index (χ0v) is 16.0. The van der Waals surface area contributed by atoms with Gasteiger partial charge in [-0.05, 0) is 20.3 Å². The van der Waals surface area contributed by atoms with Crippen molar-refractivity contribution in [2.45, 2.75) is 110 Å². The summed E-state index contributed by atoms with van der Waals surface area (Å²) in [5.41, 5.74) is 0. The molecule has 3 nitrogen and oxygen atoms in total. The van der Waals surface area contributed by atoms with Gasteiger partial charge in [0.05, 0.1) is 19.3 Å². The van der Waals surface area contributed by atoms with Gasteiger partial charge < -0.3 is 14.6 Å². The largest absolute Gasteiger partial charge is 0.394 e. The fraction of sp³-hybridized carbons (Fsp3) is 1.00. The number of hydrogen-bond donors (Lipinski definition) is 1. The third-order valence-electron chi connectivity index (χ3n) is 4.17. The second kappa shape index (κ2) is 18.2. The maximum absolute atomic E-state index is 9.23. The molecule has 0 heterocycles. The molecular formula is C20H42O3. The molecular weight excluding hydrogens is 288 g/mol. The van der Waals surface area contributed by atoms with E-state index in [2.05, 4.69) is 6.92 Å². The molecule has 1 unspecified atom stereocenters. The maximum atomic E-state index is 9.23. The van der Waals surface area contributed by atoms with Crippen LogP contribution in [-0.4, -0.2) is 37.1 Å². The Morgan fingerprint density at radius 3 is 1.61 bits per heavy atom. The zero-order chi connectivity index (χ0) is 17.2. The molecule has 1 atom stereocenters. The van der Waals surface area contributed by atoms with E-state index in [4.69, 9.17) is 9.47 Å². The summed E-state index contributed by atoms with van der Waals surface area (Å²) in [7, 11) is 0. The Morgan fingerprint density at radius 1 is 0.696 bits per heavy atom. The highest BCUT2D eigenvalue weighted by atomic mass is 16.5. The molecule has 0 aliphatic heterocycles. The number of rotatable bonds is 18. The van der Waals surface area contributed by atoms with Crippen molar-refractivity contribution in [2.24, 2.45) is 0 Å². The van der Waals surface area contributed by atoms with Crippen molar-refractivity contribution in [1.29, 1.82) is 0 Å². The fourth-order valence-electron chi connectivity index (χ4n) is 2.65. The lowest BCUT2D eigenvalue weighted by atomic mass is 10.1. The van der Waals surface area contributed by atoms with Gasteiger partial charge in [-0.15, -0.1) is 0 Å². The predicted molar refractivity (Wildman–Crippen MR) is 99.0 cm³/mol. The third kappa shape index (κ3) is 18.1. The Balaban J connectivity index is 3.20.